The SMILES string of the molecule is C=Cc1oc2c(-c3ccc(N(c4ccc5c(c4)C(C)(C)c4cc6c(cc4-5)C(C)(C)c4cccc(-c5ccccc5)c4-6)c4ccccc4-c4ccccc4)cc3)cccc2c1/C=C\C. The molecule has 304 valence electrons. The molecule has 0 amide bonds. The third kappa shape index (κ3) is 5.93. The number of fused-ring (bicyclic) bond motifs is 7. The summed E-state index contributed by atoms with van der Waals surface area (Å²) in [6.45, 7) is 15.7. The molecule has 0 saturated carbocycles. The lowest BCUT2D eigenvalue weighted by molar-refractivity contribution is 0.604. The number of hydrogen-bond donors (Lipinski definition) is 0. The molecule has 2 aliphatic rings. The summed E-state index contributed by atoms with van der Waals surface area (Å²) in [5.41, 5.74) is 22.8. The number of rotatable bonds is 8. The first-order valence-electron chi connectivity index (χ1n) is 22.1. The average Bonchev–Trinajstić information content (AvgIpc) is 3.88. The minimum absolute atomic E-state index is 0.132. The highest BCUT2D eigenvalue weighted by molar-refractivity contribution is 6.00. The molecule has 63 heavy (non-hydrogen) atoms. The molecule has 1 heterocycles. The average molecular weight is 812 g/mol. The van der Waals surface area contributed by atoms with Gasteiger partial charge in [0.2, 0.25) is 0 Å². The first kappa shape index (κ1) is 38.5. The molecule has 0 fully saturated rings. The zero-order valence-corrected chi connectivity index (χ0v) is 36.5. The fourth-order valence-corrected chi connectivity index (χ4v) is 10.6. The zero-order valence-electron chi connectivity index (χ0n) is 36.5. The van der Waals surface area contributed by atoms with E-state index in [0.717, 1.165) is 50.5 Å². The Morgan fingerprint density at radius 2 is 1.05 bits per heavy atom. The molecular weight excluding hydrogens is 763 g/mol. The van der Waals surface area contributed by atoms with Crippen molar-refractivity contribution in [2.24, 2.45) is 0 Å². The van der Waals surface area contributed by atoms with Crippen LogP contribution in [0, 0.1) is 0 Å². The van der Waals surface area contributed by atoms with E-state index in [2.05, 4.69) is 221 Å². The molecule has 11 rings (SSSR count). The van der Waals surface area contributed by atoms with Gasteiger partial charge in [0.15, 0.2) is 0 Å². The van der Waals surface area contributed by atoms with E-state index in [4.69, 9.17) is 4.42 Å². The van der Waals surface area contributed by atoms with Crippen LogP contribution in [0.3, 0.4) is 0 Å². The molecule has 2 heteroatoms. The van der Waals surface area contributed by atoms with E-state index in [1.807, 2.05) is 13.0 Å². The van der Waals surface area contributed by atoms with Crippen LogP contribution in [0.4, 0.5) is 17.1 Å². The Morgan fingerprint density at radius 3 is 1.78 bits per heavy atom. The van der Waals surface area contributed by atoms with E-state index in [-0.39, 0.29) is 10.8 Å². The molecule has 0 N–H and O–H groups in total. The van der Waals surface area contributed by atoms with Crippen molar-refractivity contribution < 1.29 is 4.42 Å². The molecule has 8 aromatic carbocycles. The maximum absolute atomic E-state index is 6.46. The third-order valence-electron chi connectivity index (χ3n) is 13.8. The third-order valence-corrected chi connectivity index (χ3v) is 13.8. The van der Waals surface area contributed by atoms with Crippen molar-refractivity contribution in [3.05, 3.63) is 222 Å². The van der Waals surface area contributed by atoms with Gasteiger partial charge in [-0.2, -0.15) is 0 Å². The highest BCUT2D eigenvalue weighted by atomic mass is 16.3. The second-order valence-electron chi connectivity index (χ2n) is 18.0. The summed E-state index contributed by atoms with van der Waals surface area (Å²) in [5, 5.41) is 1.08. The number of hydrogen-bond acceptors (Lipinski definition) is 2. The van der Waals surface area contributed by atoms with Gasteiger partial charge in [0.05, 0.1) is 5.69 Å². The van der Waals surface area contributed by atoms with Gasteiger partial charge in [-0.1, -0.05) is 180 Å². The fraction of sp³-hybridized carbons (Fsp3) is 0.115. The highest BCUT2D eigenvalue weighted by Gasteiger charge is 2.42. The van der Waals surface area contributed by atoms with Crippen molar-refractivity contribution in [3.63, 3.8) is 0 Å². The molecule has 9 aromatic rings. The predicted molar refractivity (Wildman–Crippen MR) is 267 cm³/mol. The first-order chi connectivity index (χ1) is 30.7. The van der Waals surface area contributed by atoms with Crippen LogP contribution in [-0.2, 0) is 10.8 Å². The highest BCUT2D eigenvalue weighted by Crippen LogP contribution is 2.58. The Kier molecular flexibility index (Phi) is 8.92. The normalized spacial score (nSPS) is 14.0. The molecule has 2 aliphatic carbocycles. The second-order valence-corrected chi connectivity index (χ2v) is 18.0. The monoisotopic (exact) mass is 811 g/mol. The van der Waals surface area contributed by atoms with Gasteiger partial charge in [-0.15, -0.1) is 0 Å². The van der Waals surface area contributed by atoms with Gasteiger partial charge in [0.25, 0.3) is 0 Å². The van der Waals surface area contributed by atoms with Gasteiger partial charge in [-0.3, -0.25) is 0 Å². The number of benzene rings is 8. The van der Waals surface area contributed by atoms with E-state index in [1.54, 1.807) is 6.08 Å². The Morgan fingerprint density at radius 1 is 0.476 bits per heavy atom. The molecule has 0 radical (unpaired) electrons. The van der Waals surface area contributed by atoms with E-state index in [0.29, 0.717) is 0 Å². The predicted octanol–water partition coefficient (Wildman–Crippen LogP) is 17.2. The Bertz CT molecular complexity index is 3290. The van der Waals surface area contributed by atoms with Crippen LogP contribution in [0.1, 0.15) is 68.2 Å². The van der Waals surface area contributed by atoms with Crippen molar-refractivity contribution >= 4 is 40.2 Å². The van der Waals surface area contributed by atoms with Crippen LogP contribution >= 0.6 is 0 Å². The van der Waals surface area contributed by atoms with Crippen molar-refractivity contribution in [1.29, 1.82) is 0 Å². The van der Waals surface area contributed by atoms with Gasteiger partial charge >= 0.3 is 0 Å². The molecule has 0 unspecified atom stereocenters. The van der Waals surface area contributed by atoms with Crippen molar-refractivity contribution in [3.8, 4) is 55.6 Å². The largest absolute Gasteiger partial charge is 0.455 e. The number of furan rings is 1. The van der Waals surface area contributed by atoms with Crippen LogP contribution in [-0.4, -0.2) is 0 Å². The van der Waals surface area contributed by atoms with Gasteiger partial charge in [-0.05, 0) is 122 Å². The number of nitrogens with zero attached hydrogens (tertiary/aromatic N) is 1. The van der Waals surface area contributed by atoms with Crippen LogP contribution in [0.25, 0.3) is 78.8 Å². The van der Waals surface area contributed by atoms with Crippen LogP contribution in [0.2, 0.25) is 0 Å². The Hall–Kier alpha value is -7.42. The summed E-state index contributed by atoms with van der Waals surface area (Å²) in [6, 6.07) is 64.8. The molecule has 0 aliphatic heterocycles. The summed E-state index contributed by atoms with van der Waals surface area (Å²) in [7, 11) is 0. The first-order valence-corrected chi connectivity index (χ1v) is 22.1. The summed E-state index contributed by atoms with van der Waals surface area (Å²) in [5.74, 6) is 0.785. The summed E-state index contributed by atoms with van der Waals surface area (Å²) in [6.07, 6.45) is 5.95. The zero-order chi connectivity index (χ0) is 43.0. The molecule has 0 bridgehead atoms. The number of para-hydroxylation sites is 2. The summed E-state index contributed by atoms with van der Waals surface area (Å²) in [4.78, 5) is 2.43. The molecule has 0 spiro atoms. The Balaban J connectivity index is 1.06. The minimum atomic E-state index is -0.239. The maximum Gasteiger partial charge on any atom is 0.143 e. The van der Waals surface area contributed by atoms with Gasteiger partial charge in [-0.25, -0.2) is 0 Å². The van der Waals surface area contributed by atoms with Crippen LogP contribution in [0.5, 0.6) is 0 Å². The van der Waals surface area contributed by atoms with E-state index in [9.17, 15) is 0 Å². The molecule has 2 nitrogen and oxygen atoms in total. The van der Waals surface area contributed by atoms with Crippen molar-refractivity contribution in [2.45, 2.75) is 45.4 Å². The smallest absolute Gasteiger partial charge is 0.143 e. The van der Waals surface area contributed by atoms with Gasteiger partial charge in [0.1, 0.15) is 11.3 Å². The number of anilines is 3. The quantitative estimate of drug-likeness (QED) is 0.152. The second kappa shape index (κ2) is 14.6. The van der Waals surface area contributed by atoms with Crippen LogP contribution < -0.4 is 4.90 Å². The summed E-state index contributed by atoms with van der Waals surface area (Å²) < 4.78 is 6.46. The Labute approximate surface area is 371 Å². The number of allylic oxidation sites excluding steroid dienone is 1. The lowest BCUT2D eigenvalue weighted by atomic mass is 9.79. The molecule has 1 aromatic heterocycles. The van der Waals surface area contributed by atoms with E-state index < -0.39 is 0 Å². The molecule has 0 atom stereocenters. The fourth-order valence-electron chi connectivity index (χ4n) is 10.6. The van der Waals surface area contributed by atoms with Gasteiger partial charge < -0.3 is 9.32 Å². The lowest BCUT2D eigenvalue weighted by Crippen LogP contribution is -2.17. The maximum atomic E-state index is 6.46. The summed E-state index contributed by atoms with van der Waals surface area (Å²) >= 11 is 0. The standard InChI is InChI=1S/C61H49NO/c1-7-19-48-49-27-17-26-46(59(49)63-57(48)8-2)41-30-32-42(33-31-41)62(56-29-16-15-24-44(56)39-20-11-9-12-21-39)43-34-35-47-50-37-55-51(38-54(50)61(5,6)53(47)36-43)58-45(40-22-13-10-14-23-40)25-18-28-52(58)60(55,3)4/h7-38H,2H2,1,3-6H3/b19-7-. The van der Waals surface area contributed by atoms with Crippen molar-refractivity contribution in [2.75, 3.05) is 4.90 Å². The minimum Gasteiger partial charge on any atom is -0.455 e. The molecule has 0 saturated heterocycles. The van der Waals surface area contributed by atoms with Gasteiger partial charge in [0, 0.05) is 44.3 Å². The lowest BCUT2D eigenvalue weighted by Gasteiger charge is -2.30. The molecular formula is C61H49NO. The van der Waals surface area contributed by atoms with Crippen molar-refractivity contribution in [1.82, 2.24) is 0 Å². The van der Waals surface area contributed by atoms with E-state index >= 15 is 0 Å². The van der Waals surface area contributed by atoms with E-state index in [1.165, 1.54) is 66.8 Å². The van der Waals surface area contributed by atoms with Crippen LogP contribution in [0.15, 0.2) is 193 Å². The topological polar surface area (TPSA) is 16.4 Å².